The average molecular weight is 943 g/mol. The van der Waals surface area contributed by atoms with E-state index in [-0.39, 0.29) is 18.5 Å². The van der Waals surface area contributed by atoms with Crippen LogP contribution in [0.2, 0.25) is 0 Å². The highest BCUT2D eigenvalue weighted by Crippen LogP contribution is 2.17. The predicted molar refractivity (Wildman–Crippen MR) is 292 cm³/mol. The largest absolute Gasteiger partial charge is 0.466 e. The number of allylic oxidation sites excluding steroid dienone is 6. The number of hydrogen-bond acceptors (Lipinski definition) is 5. The molecule has 0 heterocycles. The number of aliphatic hydroxyl groups excluding tert-OH is 2. The first-order chi connectivity index (χ1) is 33.0. The van der Waals surface area contributed by atoms with Gasteiger partial charge in [-0.2, -0.15) is 0 Å². The van der Waals surface area contributed by atoms with Crippen molar-refractivity contribution < 1.29 is 24.5 Å². The number of esters is 1. The smallest absolute Gasteiger partial charge is 0.305 e. The third-order valence-corrected chi connectivity index (χ3v) is 13.7. The Morgan fingerprint density at radius 3 is 1.18 bits per heavy atom. The van der Waals surface area contributed by atoms with Crippen LogP contribution < -0.4 is 5.32 Å². The first-order valence-corrected chi connectivity index (χ1v) is 29.7. The van der Waals surface area contributed by atoms with Crippen molar-refractivity contribution in [3.63, 3.8) is 0 Å². The molecular weight excluding hydrogens is 827 g/mol. The Labute approximate surface area is 417 Å². The lowest BCUT2D eigenvalue weighted by Gasteiger charge is -2.22. The van der Waals surface area contributed by atoms with Crippen LogP contribution in [0.5, 0.6) is 0 Å². The molecule has 2 atom stereocenters. The highest BCUT2D eigenvalue weighted by molar-refractivity contribution is 5.76. The zero-order valence-electron chi connectivity index (χ0n) is 44.9. The van der Waals surface area contributed by atoms with E-state index < -0.39 is 12.1 Å². The van der Waals surface area contributed by atoms with Crippen molar-refractivity contribution >= 4 is 11.9 Å². The van der Waals surface area contributed by atoms with Gasteiger partial charge in [0.25, 0.3) is 0 Å². The van der Waals surface area contributed by atoms with Gasteiger partial charge < -0.3 is 20.3 Å². The van der Waals surface area contributed by atoms with E-state index >= 15 is 0 Å². The number of hydrogen-bond donors (Lipinski definition) is 3. The lowest BCUT2D eigenvalue weighted by molar-refractivity contribution is -0.143. The Hall–Kier alpha value is -1.92. The summed E-state index contributed by atoms with van der Waals surface area (Å²) >= 11 is 0. The highest BCUT2D eigenvalue weighted by atomic mass is 16.5. The summed E-state index contributed by atoms with van der Waals surface area (Å²) in [7, 11) is 0. The second-order valence-corrected chi connectivity index (χ2v) is 20.3. The minimum Gasteiger partial charge on any atom is -0.466 e. The third-order valence-electron chi connectivity index (χ3n) is 13.7. The van der Waals surface area contributed by atoms with E-state index in [0.29, 0.717) is 25.9 Å². The summed E-state index contributed by atoms with van der Waals surface area (Å²) in [6, 6.07) is -0.565. The molecule has 0 aliphatic heterocycles. The van der Waals surface area contributed by atoms with Gasteiger partial charge in [0.1, 0.15) is 0 Å². The predicted octanol–water partition coefficient (Wildman–Crippen LogP) is 18.4. The molecule has 6 nitrogen and oxygen atoms in total. The van der Waals surface area contributed by atoms with Crippen molar-refractivity contribution in [1.82, 2.24) is 5.32 Å². The quantitative estimate of drug-likeness (QED) is 0.0321. The van der Waals surface area contributed by atoms with Crippen molar-refractivity contribution in [3.8, 4) is 0 Å². The van der Waals surface area contributed by atoms with Crippen molar-refractivity contribution in [1.29, 1.82) is 0 Å². The standard InChI is InChI=1S/C61H115NO5/c1-3-5-7-9-11-13-15-17-19-21-22-23-24-25-27-28-30-33-37-41-45-49-53-59(64)58(57-63)62-60(65)54-50-46-42-38-34-32-36-40-44-48-52-56-67-61(66)55-51-47-43-39-35-31-29-26-20-18-16-14-12-10-8-6-4-2/h12,14,18,20,36,40,58-59,63-64H,3-11,13,15-17,19,21-35,37-39,41-57H2,1-2H3,(H,62,65)/b14-12-,20-18-,40-36-. The summed E-state index contributed by atoms with van der Waals surface area (Å²) < 4.78 is 5.45. The molecule has 67 heavy (non-hydrogen) atoms. The molecule has 0 radical (unpaired) electrons. The Kier molecular flexibility index (Phi) is 55.0. The monoisotopic (exact) mass is 942 g/mol. The molecule has 0 rings (SSSR count). The summed E-state index contributed by atoms with van der Waals surface area (Å²) in [5.74, 6) is -0.101. The Bertz CT molecular complexity index is 1090. The fraction of sp³-hybridized carbons (Fsp3) is 0.869. The first-order valence-electron chi connectivity index (χ1n) is 29.7. The Balaban J connectivity index is 3.50. The van der Waals surface area contributed by atoms with Crippen LogP contribution in [0.25, 0.3) is 0 Å². The zero-order chi connectivity index (χ0) is 48.6. The van der Waals surface area contributed by atoms with E-state index in [2.05, 4.69) is 55.6 Å². The van der Waals surface area contributed by atoms with Gasteiger partial charge in [0.05, 0.1) is 25.4 Å². The molecule has 0 saturated heterocycles. The van der Waals surface area contributed by atoms with Crippen molar-refractivity contribution in [2.75, 3.05) is 13.2 Å². The van der Waals surface area contributed by atoms with Crippen molar-refractivity contribution in [3.05, 3.63) is 36.5 Å². The molecule has 2 unspecified atom stereocenters. The Morgan fingerprint density at radius 1 is 0.418 bits per heavy atom. The second kappa shape index (κ2) is 56.7. The van der Waals surface area contributed by atoms with E-state index in [1.54, 1.807) is 0 Å². The Morgan fingerprint density at radius 2 is 0.746 bits per heavy atom. The number of aliphatic hydroxyl groups is 2. The molecule has 3 N–H and O–H groups in total. The molecule has 0 aliphatic rings. The summed E-state index contributed by atoms with van der Waals surface area (Å²) in [5.41, 5.74) is 0. The normalized spacial score (nSPS) is 12.8. The SMILES string of the molecule is CCCCC/C=C\C/C=C\CCCCCCCCCC(=O)OCCCC/C=C\CCCCCCCC(=O)NC(CO)C(O)CCCCCCCCCCCCCCCCCCCCCCCC. The van der Waals surface area contributed by atoms with Gasteiger partial charge in [0.2, 0.25) is 5.91 Å². The molecule has 0 aromatic carbocycles. The molecule has 0 saturated carbocycles. The number of carbonyl (C=O) groups excluding carboxylic acids is 2. The van der Waals surface area contributed by atoms with Crippen LogP contribution in [-0.2, 0) is 14.3 Å². The van der Waals surface area contributed by atoms with E-state index in [9.17, 15) is 19.8 Å². The van der Waals surface area contributed by atoms with Gasteiger partial charge in [0, 0.05) is 12.8 Å². The van der Waals surface area contributed by atoms with Crippen LogP contribution in [0, 0.1) is 0 Å². The zero-order valence-corrected chi connectivity index (χ0v) is 44.9. The third kappa shape index (κ3) is 53.3. The lowest BCUT2D eigenvalue weighted by atomic mass is 10.0. The average Bonchev–Trinajstić information content (AvgIpc) is 3.33. The molecular formula is C61H115NO5. The van der Waals surface area contributed by atoms with Crippen LogP contribution in [0.4, 0.5) is 0 Å². The van der Waals surface area contributed by atoms with Crippen molar-refractivity contribution in [2.45, 2.75) is 328 Å². The number of ether oxygens (including phenoxy) is 1. The van der Waals surface area contributed by atoms with Crippen LogP contribution in [-0.4, -0.2) is 47.4 Å². The topological polar surface area (TPSA) is 95.9 Å². The van der Waals surface area contributed by atoms with Crippen molar-refractivity contribution in [2.24, 2.45) is 0 Å². The van der Waals surface area contributed by atoms with Crippen LogP contribution in [0.1, 0.15) is 316 Å². The molecule has 0 aromatic heterocycles. The fourth-order valence-electron chi connectivity index (χ4n) is 9.08. The maximum absolute atomic E-state index is 12.5. The van der Waals surface area contributed by atoms with E-state index in [1.807, 2.05) is 0 Å². The maximum atomic E-state index is 12.5. The molecule has 0 aromatic rings. The molecule has 0 aliphatic carbocycles. The van der Waals surface area contributed by atoms with Gasteiger partial charge in [-0.1, -0.05) is 256 Å². The summed E-state index contributed by atoms with van der Waals surface area (Å²) in [6.07, 6.45) is 70.0. The molecule has 0 bridgehead atoms. The van der Waals surface area contributed by atoms with Gasteiger partial charge in [-0.15, -0.1) is 0 Å². The van der Waals surface area contributed by atoms with E-state index in [1.165, 1.54) is 193 Å². The number of amides is 1. The number of carbonyl (C=O) groups is 2. The van der Waals surface area contributed by atoms with Crippen LogP contribution in [0.3, 0.4) is 0 Å². The second-order valence-electron chi connectivity index (χ2n) is 20.3. The number of unbranched alkanes of at least 4 members (excludes halogenated alkanes) is 38. The van der Waals surface area contributed by atoms with Gasteiger partial charge in [-0.25, -0.2) is 0 Å². The number of rotatable bonds is 55. The first kappa shape index (κ1) is 65.1. The minimum atomic E-state index is -0.685. The van der Waals surface area contributed by atoms with Crippen LogP contribution >= 0.6 is 0 Å². The fourth-order valence-corrected chi connectivity index (χ4v) is 9.08. The summed E-state index contributed by atoms with van der Waals surface area (Å²) in [6.45, 7) is 4.86. The van der Waals surface area contributed by atoms with Gasteiger partial charge in [0.15, 0.2) is 0 Å². The van der Waals surface area contributed by atoms with Gasteiger partial charge in [-0.05, 0) is 83.5 Å². The molecule has 0 spiro atoms. The van der Waals surface area contributed by atoms with Crippen LogP contribution in [0.15, 0.2) is 36.5 Å². The van der Waals surface area contributed by atoms with E-state index in [0.717, 1.165) is 89.9 Å². The molecule has 394 valence electrons. The molecule has 0 fully saturated rings. The van der Waals surface area contributed by atoms with E-state index in [4.69, 9.17) is 4.74 Å². The van der Waals surface area contributed by atoms with Gasteiger partial charge in [-0.3, -0.25) is 9.59 Å². The maximum Gasteiger partial charge on any atom is 0.305 e. The molecule has 6 heteroatoms. The summed E-state index contributed by atoms with van der Waals surface area (Å²) in [5, 5.41) is 23.3. The highest BCUT2D eigenvalue weighted by Gasteiger charge is 2.20. The number of nitrogens with one attached hydrogen (secondary N) is 1. The summed E-state index contributed by atoms with van der Waals surface area (Å²) in [4.78, 5) is 24.6. The van der Waals surface area contributed by atoms with Gasteiger partial charge >= 0.3 is 5.97 Å². The lowest BCUT2D eigenvalue weighted by Crippen LogP contribution is -2.45. The minimum absolute atomic E-state index is 0.0384. The molecule has 1 amide bonds.